The summed E-state index contributed by atoms with van der Waals surface area (Å²) >= 11 is 0. The number of fused-ring (bicyclic) bond motifs is 4. The van der Waals surface area contributed by atoms with Crippen molar-refractivity contribution in [3.63, 3.8) is 0 Å². The van der Waals surface area contributed by atoms with Crippen LogP contribution in [0, 0.1) is 0 Å². The van der Waals surface area contributed by atoms with E-state index in [1.165, 1.54) is 32.7 Å². The Morgan fingerprint density at radius 2 is 0.755 bits per heavy atom. The molecule has 0 amide bonds. The van der Waals surface area contributed by atoms with E-state index in [0.717, 1.165) is 44.5 Å². The van der Waals surface area contributed by atoms with E-state index in [-0.39, 0.29) is 0 Å². The lowest BCUT2D eigenvalue weighted by molar-refractivity contribution is 1.06. The molecule has 248 valence electrons. The molecule has 53 heavy (non-hydrogen) atoms. The zero-order chi connectivity index (χ0) is 35.1. The van der Waals surface area contributed by atoms with Gasteiger partial charge in [0, 0.05) is 27.5 Å². The Balaban J connectivity index is 1.13. The van der Waals surface area contributed by atoms with Crippen LogP contribution >= 0.6 is 0 Å². The third-order valence-electron chi connectivity index (χ3n) is 10.1. The summed E-state index contributed by atoms with van der Waals surface area (Å²) in [5.41, 5.74) is 10.7. The fourth-order valence-electron chi connectivity index (χ4n) is 7.42. The Morgan fingerprint density at radius 3 is 1.42 bits per heavy atom. The molecule has 0 atom stereocenters. The van der Waals surface area contributed by atoms with E-state index < -0.39 is 0 Å². The molecule has 0 saturated heterocycles. The van der Waals surface area contributed by atoms with Crippen LogP contribution in [0.25, 0.3) is 94.7 Å². The predicted octanol–water partition coefficient (Wildman–Crippen LogP) is 12.5. The smallest absolute Gasteiger partial charge is 0.166 e. The van der Waals surface area contributed by atoms with Crippen molar-refractivity contribution < 1.29 is 0 Å². The fraction of sp³-hybridized carbons (Fsp3) is 0. The molecule has 0 saturated carbocycles. The number of hydrogen-bond donors (Lipinski definition) is 0. The van der Waals surface area contributed by atoms with Crippen molar-refractivity contribution in [3.05, 3.63) is 194 Å². The first-order chi connectivity index (χ1) is 26.3. The van der Waals surface area contributed by atoms with Gasteiger partial charge in [-0.15, -0.1) is 0 Å². The molecule has 0 unspecified atom stereocenters. The van der Waals surface area contributed by atoms with Gasteiger partial charge in [0.1, 0.15) is 0 Å². The molecule has 2 heterocycles. The van der Waals surface area contributed by atoms with Crippen LogP contribution in [0.5, 0.6) is 0 Å². The van der Waals surface area contributed by atoms with Crippen molar-refractivity contribution in [3.8, 4) is 62.1 Å². The minimum absolute atomic E-state index is 0.619. The van der Waals surface area contributed by atoms with Gasteiger partial charge in [-0.3, -0.25) is 0 Å². The molecule has 0 N–H and O–H groups in total. The van der Waals surface area contributed by atoms with Gasteiger partial charge in [-0.1, -0.05) is 164 Å². The normalized spacial score (nSPS) is 11.4. The van der Waals surface area contributed by atoms with Gasteiger partial charge in [0.05, 0.1) is 16.7 Å². The Labute approximate surface area is 307 Å². The van der Waals surface area contributed by atoms with Crippen molar-refractivity contribution in [1.82, 2.24) is 19.5 Å². The molecule has 0 bridgehead atoms. The molecule has 0 aliphatic rings. The Kier molecular flexibility index (Phi) is 7.43. The van der Waals surface area contributed by atoms with Crippen molar-refractivity contribution >= 4 is 32.6 Å². The lowest BCUT2D eigenvalue weighted by atomic mass is 10.00. The molecule has 0 spiro atoms. The first-order valence-corrected chi connectivity index (χ1v) is 17.9. The monoisotopic (exact) mass is 676 g/mol. The molecular formula is C49H32N4. The van der Waals surface area contributed by atoms with Crippen LogP contribution in [-0.4, -0.2) is 19.5 Å². The van der Waals surface area contributed by atoms with E-state index in [2.05, 4.69) is 193 Å². The Morgan fingerprint density at radius 1 is 0.302 bits per heavy atom. The number of rotatable bonds is 6. The van der Waals surface area contributed by atoms with Crippen molar-refractivity contribution in [1.29, 1.82) is 0 Å². The van der Waals surface area contributed by atoms with Crippen molar-refractivity contribution in [2.24, 2.45) is 0 Å². The summed E-state index contributed by atoms with van der Waals surface area (Å²) < 4.78 is 2.33. The van der Waals surface area contributed by atoms with E-state index in [1.807, 2.05) is 6.07 Å². The first-order valence-electron chi connectivity index (χ1n) is 17.9. The fourth-order valence-corrected chi connectivity index (χ4v) is 7.42. The van der Waals surface area contributed by atoms with Gasteiger partial charge in [0.15, 0.2) is 17.5 Å². The molecule has 10 aromatic rings. The van der Waals surface area contributed by atoms with Crippen LogP contribution in [-0.2, 0) is 0 Å². The minimum Gasteiger partial charge on any atom is -0.309 e. The maximum atomic E-state index is 5.20. The van der Waals surface area contributed by atoms with Gasteiger partial charge >= 0.3 is 0 Å². The average molecular weight is 677 g/mol. The summed E-state index contributed by atoms with van der Waals surface area (Å²) in [7, 11) is 0. The van der Waals surface area contributed by atoms with Crippen LogP contribution in [0.15, 0.2) is 194 Å². The maximum absolute atomic E-state index is 5.20. The summed E-state index contributed by atoms with van der Waals surface area (Å²) in [5, 5.41) is 4.87. The second-order valence-electron chi connectivity index (χ2n) is 13.3. The number of benzene rings is 8. The summed E-state index contributed by atoms with van der Waals surface area (Å²) in [4.78, 5) is 15.5. The third kappa shape index (κ3) is 5.54. The number of para-hydroxylation sites is 3. The summed E-state index contributed by atoms with van der Waals surface area (Å²) in [6.07, 6.45) is 0. The zero-order valence-corrected chi connectivity index (χ0v) is 28.8. The second-order valence-corrected chi connectivity index (χ2v) is 13.3. The van der Waals surface area contributed by atoms with Gasteiger partial charge in [-0.25, -0.2) is 15.0 Å². The molecule has 0 radical (unpaired) electrons. The highest BCUT2D eigenvalue weighted by atomic mass is 15.1. The number of aromatic nitrogens is 4. The van der Waals surface area contributed by atoms with Crippen molar-refractivity contribution in [2.45, 2.75) is 0 Å². The molecule has 0 aliphatic carbocycles. The third-order valence-corrected chi connectivity index (χ3v) is 10.1. The van der Waals surface area contributed by atoms with E-state index in [0.29, 0.717) is 17.5 Å². The quantitative estimate of drug-likeness (QED) is 0.176. The zero-order valence-electron chi connectivity index (χ0n) is 28.8. The maximum Gasteiger partial charge on any atom is 0.166 e. The topological polar surface area (TPSA) is 43.6 Å². The average Bonchev–Trinajstić information content (AvgIpc) is 3.58. The lowest BCUT2D eigenvalue weighted by Gasteiger charge is -2.14. The van der Waals surface area contributed by atoms with Crippen molar-refractivity contribution in [2.75, 3.05) is 0 Å². The SMILES string of the molecule is c1ccc(-c2ccc(-c3nc(-c4ccc(-c5ccc6ccccc6c5)cc4)nc(-c4ccccc4-n4c5ccccc5c5ccccc54)n3)cc2)cc1. The molecule has 8 aromatic carbocycles. The van der Waals surface area contributed by atoms with Crippen LogP contribution < -0.4 is 0 Å². The van der Waals surface area contributed by atoms with E-state index in [9.17, 15) is 0 Å². The number of nitrogens with zero attached hydrogens (tertiary/aromatic N) is 4. The van der Waals surface area contributed by atoms with E-state index in [4.69, 9.17) is 15.0 Å². The first kappa shape index (κ1) is 30.6. The molecular weight excluding hydrogens is 645 g/mol. The Bertz CT molecular complexity index is 2870. The summed E-state index contributed by atoms with van der Waals surface area (Å²) in [5.74, 6) is 1.87. The molecule has 2 aromatic heterocycles. The lowest BCUT2D eigenvalue weighted by Crippen LogP contribution is -2.03. The van der Waals surface area contributed by atoms with Gasteiger partial charge in [0.2, 0.25) is 0 Å². The molecule has 10 rings (SSSR count). The van der Waals surface area contributed by atoms with Crippen LogP contribution in [0.3, 0.4) is 0 Å². The van der Waals surface area contributed by atoms with Crippen LogP contribution in [0.1, 0.15) is 0 Å². The van der Waals surface area contributed by atoms with Crippen LogP contribution in [0.2, 0.25) is 0 Å². The van der Waals surface area contributed by atoms with E-state index >= 15 is 0 Å². The molecule has 0 aliphatic heterocycles. The largest absolute Gasteiger partial charge is 0.309 e. The standard InChI is InChI=1S/C49H32N4/c1-2-12-33(13-3-1)35-22-27-37(28-23-35)47-50-48(38-29-24-36(25-30-38)40-31-26-34-14-4-5-15-39(34)32-40)52-49(51-47)43-18-8-11-21-46(43)53-44-19-9-6-16-41(44)42-17-7-10-20-45(42)53/h1-32H. The van der Waals surface area contributed by atoms with Gasteiger partial charge in [-0.2, -0.15) is 0 Å². The Hall–Kier alpha value is -7.17. The highest BCUT2D eigenvalue weighted by molar-refractivity contribution is 6.09. The van der Waals surface area contributed by atoms with Gasteiger partial charge in [0.25, 0.3) is 0 Å². The number of hydrogen-bond acceptors (Lipinski definition) is 3. The highest BCUT2D eigenvalue weighted by Crippen LogP contribution is 2.36. The van der Waals surface area contributed by atoms with Crippen LogP contribution in [0.4, 0.5) is 0 Å². The highest BCUT2D eigenvalue weighted by Gasteiger charge is 2.19. The minimum atomic E-state index is 0.619. The summed E-state index contributed by atoms with van der Waals surface area (Å²) in [6.45, 7) is 0. The predicted molar refractivity (Wildman–Crippen MR) is 219 cm³/mol. The van der Waals surface area contributed by atoms with Gasteiger partial charge in [-0.05, 0) is 63.4 Å². The molecule has 4 nitrogen and oxygen atoms in total. The molecule has 4 heteroatoms. The van der Waals surface area contributed by atoms with E-state index in [1.54, 1.807) is 0 Å². The second kappa shape index (κ2) is 12.9. The van der Waals surface area contributed by atoms with Gasteiger partial charge < -0.3 is 4.57 Å². The molecule has 0 fully saturated rings. The summed E-state index contributed by atoms with van der Waals surface area (Å²) in [6, 6.07) is 68.1.